The van der Waals surface area contributed by atoms with Gasteiger partial charge in [0.25, 0.3) is 0 Å². The Kier molecular flexibility index (Phi) is 3.16. The Morgan fingerprint density at radius 2 is 1.94 bits per heavy atom. The number of nitrogens with two attached hydrogens (primary N) is 1. The molecule has 0 saturated carbocycles. The van der Waals surface area contributed by atoms with E-state index >= 15 is 0 Å². The average molecular weight is 245 g/mol. The first-order chi connectivity index (χ1) is 8.74. The van der Waals surface area contributed by atoms with Gasteiger partial charge in [0.15, 0.2) is 0 Å². The third-order valence-electron chi connectivity index (χ3n) is 4.35. The normalized spacial score (nSPS) is 24.9. The molecule has 1 unspecified atom stereocenters. The molecule has 2 aliphatic rings. The number of hydrogen-bond donors (Lipinski definition) is 1. The van der Waals surface area contributed by atoms with E-state index in [1.807, 2.05) is 6.07 Å². The van der Waals surface area contributed by atoms with Gasteiger partial charge in [-0.25, -0.2) is 0 Å². The van der Waals surface area contributed by atoms with Crippen LogP contribution in [0.5, 0.6) is 0 Å². The summed E-state index contributed by atoms with van der Waals surface area (Å²) in [6.45, 7) is 7.02. The average Bonchev–Trinajstić information content (AvgIpc) is 3.00. The first-order valence-electron chi connectivity index (χ1n) is 7.09. The fourth-order valence-electron chi connectivity index (χ4n) is 3.29. The molecular formula is C15H23N3. The second-order valence-electron chi connectivity index (χ2n) is 5.69. The van der Waals surface area contributed by atoms with Crippen molar-refractivity contribution in [1.29, 1.82) is 0 Å². The molecule has 2 saturated heterocycles. The molecule has 2 aliphatic heterocycles. The molecule has 3 rings (SSSR count). The van der Waals surface area contributed by atoms with Gasteiger partial charge in [0.2, 0.25) is 0 Å². The summed E-state index contributed by atoms with van der Waals surface area (Å²) >= 11 is 0. The molecule has 3 heteroatoms. The minimum atomic E-state index is 0.743. The van der Waals surface area contributed by atoms with Crippen molar-refractivity contribution in [2.24, 2.45) is 0 Å². The van der Waals surface area contributed by atoms with Crippen molar-refractivity contribution in [3.05, 3.63) is 23.8 Å². The number of benzene rings is 1. The first kappa shape index (κ1) is 11.8. The monoisotopic (exact) mass is 245 g/mol. The number of rotatable bonds is 2. The predicted octanol–water partition coefficient (Wildman–Crippen LogP) is 2.25. The van der Waals surface area contributed by atoms with Gasteiger partial charge in [-0.15, -0.1) is 0 Å². The van der Waals surface area contributed by atoms with Crippen LogP contribution in [0, 0.1) is 6.92 Å². The van der Waals surface area contributed by atoms with Crippen LogP contribution < -0.4 is 10.6 Å². The molecule has 1 atom stereocenters. The van der Waals surface area contributed by atoms with E-state index in [-0.39, 0.29) is 0 Å². The van der Waals surface area contributed by atoms with Gasteiger partial charge >= 0.3 is 0 Å². The van der Waals surface area contributed by atoms with E-state index in [4.69, 9.17) is 5.73 Å². The van der Waals surface area contributed by atoms with Crippen LogP contribution in [0.1, 0.15) is 24.8 Å². The standard InChI is InChI=1S/C15H23N3/c1-12-4-5-14(16)15(10-12)18-9-6-13(11-18)17-7-2-3-8-17/h4-5,10,13H,2-3,6-9,11,16H2,1H3. The van der Waals surface area contributed by atoms with Crippen LogP contribution in [0.4, 0.5) is 11.4 Å². The predicted molar refractivity (Wildman–Crippen MR) is 77.0 cm³/mol. The highest BCUT2D eigenvalue weighted by molar-refractivity contribution is 5.69. The third-order valence-corrected chi connectivity index (χ3v) is 4.35. The van der Waals surface area contributed by atoms with Crippen molar-refractivity contribution in [1.82, 2.24) is 4.90 Å². The van der Waals surface area contributed by atoms with Crippen molar-refractivity contribution in [3.63, 3.8) is 0 Å². The molecule has 0 bridgehead atoms. The maximum Gasteiger partial charge on any atom is 0.0603 e. The summed E-state index contributed by atoms with van der Waals surface area (Å²) in [6, 6.07) is 7.09. The van der Waals surface area contributed by atoms with Gasteiger partial charge in [-0.1, -0.05) is 6.07 Å². The van der Waals surface area contributed by atoms with Gasteiger partial charge in [-0.3, -0.25) is 4.90 Å². The minimum Gasteiger partial charge on any atom is -0.397 e. The van der Waals surface area contributed by atoms with Crippen molar-refractivity contribution < 1.29 is 0 Å². The van der Waals surface area contributed by atoms with Crippen molar-refractivity contribution >= 4 is 11.4 Å². The number of nitrogens with zero attached hydrogens (tertiary/aromatic N) is 2. The Hall–Kier alpha value is -1.22. The van der Waals surface area contributed by atoms with Crippen molar-refractivity contribution in [2.45, 2.75) is 32.2 Å². The summed E-state index contributed by atoms with van der Waals surface area (Å²) in [5.41, 5.74) is 9.56. The molecule has 3 nitrogen and oxygen atoms in total. The van der Waals surface area contributed by atoms with Gasteiger partial charge in [0.05, 0.1) is 11.4 Å². The third kappa shape index (κ3) is 2.19. The Morgan fingerprint density at radius 3 is 2.72 bits per heavy atom. The van der Waals surface area contributed by atoms with Crippen LogP contribution in [0.15, 0.2) is 18.2 Å². The van der Waals surface area contributed by atoms with E-state index in [0.29, 0.717) is 0 Å². The van der Waals surface area contributed by atoms with Gasteiger partial charge in [-0.2, -0.15) is 0 Å². The van der Waals surface area contributed by atoms with E-state index in [9.17, 15) is 0 Å². The summed E-state index contributed by atoms with van der Waals surface area (Å²) in [5, 5.41) is 0. The lowest BCUT2D eigenvalue weighted by Crippen LogP contribution is -2.35. The topological polar surface area (TPSA) is 32.5 Å². The fraction of sp³-hybridized carbons (Fsp3) is 0.600. The quantitative estimate of drug-likeness (QED) is 0.811. The lowest BCUT2D eigenvalue weighted by Gasteiger charge is -2.25. The second kappa shape index (κ2) is 4.81. The number of anilines is 2. The van der Waals surface area contributed by atoms with Gasteiger partial charge in [0.1, 0.15) is 0 Å². The molecule has 2 heterocycles. The molecule has 0 radical (unpaired) electrons. The van der Waals surface area contributed by atoms with E-state index in [2.05, 4.69) is 28.9 Å². The number of aryl methyl sites for hydroxylation is 1. The first-order valence-corrected chi connectivity index (χ1v) is 7.09. The maximum atomic E-state index is 6.11. The van der Waals surface area contributed by atoms with Gasteiger partial charge in [-0.05, 0) is 57.0 Å². The summed E-state index contributed by atoms with van der Waals surface area (Å²) < 4.78 is 0. The molecule has 1 aromatic rings. The molecule has 0 aromatic heterocycles. The largest absolute Gasteiger partial charge is 0.397 e. The smallest absolute Gasteiger partial charge is 0.0603 e. The van der Waals surface area contributed by atoms with E-state index in [1.54, 1.807) is 0 Å². The van der Waals surface area contributed by atoms with Crippen molar-refractivity contribution in [2.75, 3.05) is 36.8 Å². The summed E-state index contributed by atoms with van der Waals surface area (Å²) in [4.78, 5) is 5.12. The summed E-state index contributed by atoms with van der Waals surface area (Å²) in [5.74, 6) is 0. The van der Waals surface area contributed by atoms with Crippen LogP contribution >= 0.6 is 0 Å². The zero-order chi connectivity index (χ0) is 12.5. The molecule has 0 aliphatic carbocycles. The number of nitrogen functional groups attached to an aromatic ring is 1. The van der Waals surface area contributed by atoms with E-state index in [0.717, 1.165) is 24.8 Å². The van der Waals surface area contributed by atoms with E-state index in [1.165, 1.54) is 43.6 Å². The molecule has 0 spiro atoms. The van der Waals surface area contributed by atoms with Crippen LogP contribution in [0.3, 0.4) is 0 Å². The SMILES string of the molecule is Cc1ccc(N)c(N2CCC(N3CCCC3)C2)c1. The summed E-state index contributed by atoms with van der Waals surface area (Å²) in [6.07, 6.45) is 4.04. The van der Waals surface area contributed by atoms with Gasteiger partial charge in [0, 0.05) is 19.1 Å². The molecule has 98 valence electrons. The highest BCUT2D eigenvalue weighted by Gasteiger charge is 2.29. The Bertz CT molecular complexity index is 424. The lowest BCUT2D eigenvalue weighted by molar-refractivity contribution is 0.260. The van der Waals surface area contributed by atoms with Crippen LogP contribution in [-0.2, 0) is 0 Å². The molecule has 2 fully saturated rings. The molecular weight excluding hydrogens is 222 g/mol. The zero-order valence-corrected chi connectivity index (χ0v) is 11.2. The maximum absolute atomic E-state index is 6.11. The zero-order valence-electron chi connectivity index (χ0n) is 11.2. The number of hydrogen-bond acceptors (Lipinski definition) is 3. The van der Waals surface area contributed by atoms with E-state index < -0.39 is 0 Å². The molecule has 2 N–H and O–H groups in total. The fourth-order valence-corrected chi connectivity index (χ4v) is 3.29. The lowest BCUT2D eigenvalue weighted by atomic mass is 10.2. The molecule has 1 aromatic carbocycles. The molecule has 18 heavy (non-hydrogen) atoms. The highest BCUT2D eigenvalue weighted by Crippen LogP contribution is 2.30. The number of likely N-dealkylation sites (tertiary alicyclic amines) is 1. The summed E-state index contributed by atoms with van der Waals surface area (Å²) in [7, 11) is 0. The second-order valence-corrected chi connectivity index (χ2v) is 5.69. The minimum absolute atomic E-state index is 0.743. The highest BCUT2D eigenvalue weighted by atomic mass is 15.3. The Labute approximate surface area is 110 Å². The Morgan fingerprint density at radius 1 is 1.17 bits per heavy atom. The Balaban J connectivity index is 1.72. The van der Waals surface area contributed by atoms with Crippen LogP contribution in [0.25, 0.3) is 0 Å². The van der Waals surface area contributed by atoms with Crippen LogP contribution in [0.2, 0.25) is 0 Å². The van der Waals surface area contributed by atoms with Crippen LogP contribution in [-0.4, -0.2) is 37.1 Å². The van der Waals surface area contributed by atoms with Gasteiger partial charge < -0.3 is 10.6 Å². The molecule has 0 amide bonds. The van der Waals surface area contributed by atoms with Crippen molar-refractivity contribution in [3.8, 4) is 0 Å².